The highest BCUT2D eigenvalue weighted by molar-refractivity contribution is 7.09. The number of carbonyl (C=O) groups excluding carboxylic acids is 1. The number of benzene rings is 1. The Morgan fingerprint density at radius 2 is 2.25 bits per heavy atom. The fraction of sp³-hybridized carbons (Fsp3) is 0.231. The fourth-order valence-corrected chi connectivity index (χ4v) is 2.56. The molecule has 0 spiro atoms. The maximum Gasteiger partial charge on any atom is 0.257 e. The van der Waals surface area contributed by atoms with Crippen LogP contribution in [0.25, 0.3) is 0 Å². The van der Waals surface area contributed by atoms with Gasteiger partial charge in [0, 0.05) is 29.6 Å². The van der Waals surface area contributed by atoms with Crippen molar-refractivity contribution in [1.82, 2.24) is 10.3 Å². The number of carbonyl (C=O) groups is 1. The summed E-state index contributed by atoms with van der Waals surface area (Å²) in [6.45, 7) is 0.448. The summed E-state index contributed by atoms with van der Waals surface area (Å²) in [7, 11) is 0. The van der Waals surface area contributed by atoms with Crippen molar-refractivity contribution in [3.8, 4) is 5.75 Å². The van der Waals surface area contributed by atoms with Crippen LogP contribution in [0.3, 0.4) is 0 Å². The summed E-state index contributed by atoms with van der Waals surface area (Å²) in [5.74, 6) is 0.235. The summed E-state index contributed by atoms with van der Waals surface area (Å²) in [6, 6.07) is 4.86. The first-order valence-electron chi connectivity index (χ1n) is 5.88. The third-order valence-corrected chi connectivity index (χ3v) is 3.77. The largest absolute Gasteiger partial charge is 0.482 e. The van der Waals surface area contributed by atoms with Crippen molar-refractivity contribution in [2.24, 2.45) is 0 Å². The van der Waals surface area contributed by atoms with E-state index in [1.54, 1.807) is 35.7 Å². The Morgan fingerprint density at radius 1 is 1.40 bits per heavy atom. The smallest absolute Gasteiger partial charge is 0.257 e. The number of thiazole rings is 1. The summed E-state index contributed by atoms with van der Waals surface area (Å²) in [4.78, 5) is 15.7. The Balaban J connectivity index is 1.72. The zero-order chi connectivity index (χ0) is 14.4. The van der Waals surface area contributed by atoms with Gasteiger partial charge in [-0.3, -0.25) is 4.79 Å². The molecule has 0 aliphatic heterocycles. The molecule has 0 saturated carbocycles. The number of nitrogens with one attached hydrogen (secondary N) is 1. The second kappa shape index (κ2) is 7.47. The van der Waals surface area contributed by atoms with Crippen LogP contribution in [0.4, 0.5) is 0 Å². The molecule has 0 unspecified atom stereocenters. The Kier molecular flexibility index (Phi) is 5.64. The summed E-state index contributed by atoms with van der Waals surface area (Å²) in [5, 5.41) is 6.56. The van der Waals surface area contributed by atoms with Crippen molar-refractivity contribution in [3.05, 3.63) is 44.8 Å². The minimum absolute atomic E-state index is 0.0841. The van der Waals surface area contributed by atoms with Gasteiger partial charge in [0.2, 0.25) is 0 Å². The second-order valence-corrected chi connectivity index (χ2v) is 5.71. The van der Waals surface area contributed by atoms with Crippen molar-refractivity contribution >= 4 is 40.4 Å². The number of nitrogens with zero attached hydrogens (tertiary/aromatic N) is 1. The number of ether oxygens (including phenoxy) is 1. The van der Waals surface area contributed by atoms with Gasteiger partial charge in [-0.2, -0.15) is 0 Å². The predicted molar refractivity (Wildman–Crippen MR) is 80.8 cm³/mol. The molecule has 2 aromatic rings. The number of amides is 1. The van der Waals surface area contributed by atoms with Gasteiger partial charge < -0.3 is 10.1 Å². The first-order valence-corrected chi connectivity index (χ1v) is 7.51. The molecule has 1 heterocycles. The van der Waals surface area contributed by atoms with E-state index >= 15 is 0 Å². The molecule has 20 heavy (non-hydrogen) atoms. The van der Waals surface area contributed by atoms with Crippen LogP contribution in [0.5, 0.6) is 5.75 Å². The lowest BCUT2D eigenvalue weighted by molar-refractivity contribution is -0.123. The molecule has 2 rings (SSSR count). The van der Waals surface area contributed by atoms with Gasteiger partial charge >= 0.3 is 0 Å². The van der Waals surface area contributed by atoms with E-state index in [9.17, 15) is 4.79 Å². The van der Waals surface area contributed by atoms with Crippen LogP contribution in [0.1, 0.15) is 5.01 Å². The van der Waals surface area contributed by atoms with Crippen molar-refractivity contribution in [2.75, 3.05) is 13.2 Å². The van der Waals surface area contributed by atoms with E-state index in [-0.39, 0.29) is 12.5 Å². The van der Waals surface area contributed by atoms with Gasteiger partial charge in [0.1, 0.15) is 5.75 Å². The van der Waals surface area contributed by atoms with Gasteiger partial charge in [0.25, 0.3) is 5.91 Å². The van der Waals surface area contributed by atoms with Crippen LogP contribution >= 0.6 is 34.5 Å². The fourth-order valence-electron chi connectivity index (χ4n) is 1.47. The van der Waals surface area contributed by atoms with Crippen LogP contribution in [-0.4, -0.2) is 24.0 Å². The van der Waals surface area contributed by atoms with Gasteiger partial charge in [0.15, 0.2) is 6.61 Å². The Bertz CT molecular complexity index is 576. The number of halogens is 2. The van der Waals surface area contributed by atoms with Crippen LogP contribution in [-0.2, 0) is 11.2 Å². The number of aromatic nitrogens is 1. The molecule has 1 amide bonds. The first kappa shape index (κ1) is 15.1. The molecule has 1 aromatic carbocycles. The average Bonchev–Trinajstić information content (AvgIpc) is 2.91. The van der Waals surface area contributed by atoms with Gasteiger partial charge in [0.05, 0.1) is 10.0 Å². The van der Waals surface area contributed by atoms with Gasteiger partial charge in [-0.05, 0) is 18.2 Å². The average molecular weight is 331 g/mol. The lowest BCUT2D eigenvalue weighted by Gasteiger charge is -2.08. The highest BCUT2D eigenvalue weighted by Crippen LogP contribution is 2.27. The van der Waals surface area contributed by atoms with E-state index in [0.717, 1.165) is 5.01 Å². The first-order chi connectivity index (χ1) is 9.65. The van der Waals surface area contributed by atoms with Crippen LogP contribution < -0.4 is 10.1 Å². The number of hydrogen-bond acceptors (Lipinski definition) is 4. The lowest BCUT2D eigenvalue weighted by atomic mass is 10.3. The van der Waals surface area contributed by atoms with Crippen LogP contribution in [0, 0.1) is 0 Å². The van der Waals surface area contributed by atoms with Gasteiger partial charge in [-0.1, -0.05) is 23.2 Å². The number of rotatable bonds is 6. The highest BCUT2D eigenvalue weighted by Gasteiger charge is 2.06. The molecule has 0 atom stereocenters. The van der Waals surface area contributed by atoms with Crippen molar-refractivity contribution in [3.63, 3.8) is 0 Å². The molecular formula is C13H12Cl2N2O2S. The van der Waals surface area contributed by atoms with E-state index in [1.807, 2.05) is 5.38 Å². The second-order valence-electron chi connectivity index (χ2n) is 3.89. The maximum atomic E-state index is 11.6. The SMILES string of the molecule is O=C(COc1ccc(Cl)cc1Cl)NCCc1nccs1. The summed E-state index contributed by atoms with van der Waals surface area (Å²) >= 11 is 13.3. The molecule has 4 nitrogen and oxygen atoms in total. The van der Waals surface area contributed by atoms with E-state index in [4.69, 9.17) is 27.9 Å². The zero-order valence-electron chi connectivity index (χ0n) is 10.4. The molecule has 0 bridgehead atoms. The van der Waals surface area contributed by atoms with Crippen molar-refractivity contribution < 1.29 is 9.53 Å². The molecule has 1 aromatic heterocycles. The molecule has 0 saturated heterocycles. The quantitative estimate of drug-likeness (QED) is 0.884. The molecule has 0 radical (unpaired) electrons. The van der Waals surface area contributed by atoms with Gasteiger partial charge in [-0.15, -0.1) is 11.3 Å². The van der Waals surface area contributed by atoms with Gasteiger partial charge in [-0.25, -0.2) is 4.98 Å². The molecule has 0 aliphatic carbocycles. The summed E-state index contributed by atoms with van der Waals surface area (Å²) in [6.07, 6.45) is 2.46. The summed E-state index contributed by atoms with van der Waals surface area (Å²) in [5.41, 5.74) is 0. The molecular weight excluding hydrogens is 319 g/mol. The molecule has 0 fully saturated rings. The topological polar surface area (TPSA) is 51.2 Å². The number of hydrogen-bond donors (Lipinski definition) is 1. The van der Waals surface area contributed by atoms with Crippen LogP contribution in [0.2, 0.25) is 10.0 Å². The predicted octanol–water partition coefficient (Wildman–Crippen LogP) is 3.19. The normalized spacial score (nSPS) is 10.3. The van der Waals surface area contributed by atoms with Crippen molar-refractivity contribution in [1.29, 1.82) is 0 Å². The third-order valence-electron chi connectivity index (χ3n) is 2.40. The molecule has 7 heteroatoms. The van der Waals surface area contributed by atoms with E-state index in [2.05, 4.69) is 10.3 Å². The Morgan fingerprint density at radius 3 is 2.95 bits per heavy atom. The third kappa shape index (κ3) is 4.67. The lowest BCUT2D eigenvalue weighted by Crippen LogP contribution is -2.30. The Labute approximate surface area is 130 Å². The minimum atomic E-state index is -0.201. The van der Waals surface area contributed by atoms with E-state index in [0.29, 0.717) is 28.8 Å². The highest BCUT2D eigenvalue weighted by atomic mass is 35.5. The molecule has 1 N–H and O–H groups in total. The van der Waals surface area contributed by atoms with E-state index < -0.39 is 0 Å². The molecule has 106 valence electrons. The zero-order valence-corrected chi connectivity index (χ0v) is 12.8. The van der Waals surface area contributed by atoms with Crippen molar-refractivity contribution in [2.45, 2.75) is 6.42 Å². The summed E-state index contributed by atoms with van der Waals surface area (Å²) < 4.78 is 5.33. The van der Waals surface area contributed by atoms with Crippen LogP contribution in [0.15, 0.2) is 29.8 Å². The molecule has 0 aliphatic rings. The Hall–Kier alpha value is -1.30. The minimum Gasteiger partial charge on any atom is -0.482 e. The van der Waals surface area contributed by atoms with E-state index in [1.165, 1.54) is 0 Å². The maximum absolute atomic E-state index is 11.6. The monoisotopic (exact) mass is 330 g/mol. The standard InChI is InChI=1S/C13H12Cl2N2O2S/c14-9-1-2-11(10(15)7-9)19-8-12(18)16-4-3-13-17-5-6-20-13/h1-2,5-7H,3-4,8H2,(H,16,18).